The van der Waals surface area contributed by atoms with Crippen molar-refractivity contribution in [3.05, 3.63) is 77.5 Å². The molecule has 0 amide bonds. The van der Waals surface area contributed by atoms with Crippen LogP contribution >= 0.6 is 11.6 Å². The molecular weight excluding hydrogens is 520 g/mol. The molecule has 37 heavy (non-hydrogen) atoms. The van der Waals surface area contributed by atoms with E-state index in [0.717, 1.165) is 37.8 Å². The minimum absolute atomic E-state index is 0.00718. The summed E-state index contributed by atoms with van der Waals surface area (Å²) in [6.07, 6.45) is 5.40. The molecule has 1 saturated carbocycles. The van der Waals surface area contributed by atoms with Crippen LogP contribution in [0, 0.1) is 11.6 Å². The maximum absolute atomic E-state index is 15.1. The van der Waals surface area contributed by atoms with E-state index < -0.39 is 21.7 Å². The van der Waals surface area contributed by atoms with Gasteiger partial charge in [-0.3, -0.25) is 4.72 Å². The lowest BCUT2D eigenvalue weighted by atomic mass is 9.92. The number of aromatic nitrogens is 2. The molecule has 0 aliphatic heterocycles. The van der Waals surface area contributed by atoms with Gasteiger partial charge >= 0.3 is 0 Å². The van der Waals surface area contributed by atoms with Crippen molar-refractivity contribution in [2.45, 2.75) is 42.7 Å². The predicted octanol–water partition coefficient (Wildman–Crippen LogP) is 5.71. The number of nitrogens with zero attached hydrogens (tertiary/aromatic N) is 2. The first-order valence-corrected chi connectivity index (χ1v) is 13.6. The molecule has 1 aliphatic rings. The van der Waals surface area contributed by atoms with Gasteiger partial charge in [-0.15, -0.1) is 0 Å². The summed E-state index contributed by atoms with van der Waals surface area (Å²) >= 11 is 5.97. The van der Waals surface area contributed by atoms with Crippen molar-refractivity contribution < 1.29 is 17.2 Å². The molecule has 0 saturated heterocycles. The van der Waals surface area contributed by atoms with Crippen molar-refractivity contribution in [2.24, 2.45) is 5.73 Å². The fraction of sp³-hybridized carbons (Fsp3) is 0.231. The number of hydrogen-bond donors (Lipinski definition) is 3. The molecule has 0 radical (unpaired) electrons. The summed E-state index contributed by atoms with van der Waals surface area (Å²) in [6.45, 7) is 0. The van der Waals surface area contributed by atoms with Crippen LogP contribution in [0.25, 0.3) is 22.0 Å². The zero-order valence-electron chi connectivity index (χ0n) is 19.6. The molecule has 1 heterocycles. The predicted molar refractivity (Wildman–Crippen MR) is 141 cm³/mol. The average molecular weight is 544 g/mol. The SMILES string of the molecule is N[C@H]1CC[C@H](Nc2ncc3cc(-c4c(F)cc(NS(=O)(=O)c5ccccc5Cl)cc4F)ccc3n2)CC1. The Hall–Kier alpha value is -3.34. The van der Waals surface area contributed by atoms with Crippen LogP contribution in [0.2, 0.25) is 5.02 Å². The lowest BCUT2D eigenvalue weighted by molar-refractivity contribution is 0.410. The van der Waals surface area contributed by atoms with Crippen LogP contribution < -0.4 is 15.8 Å². The van der Waals surface area contributed by atoms with Crippen LogP contribution in [0.15, 0.2) is 65.7 Å². The number of sulfonamides is 1. The first-order valence-electron chi connectivity index (χ1n) is 11.8. The smallest absolute Gasteiger partial charge is 0.263 e. The first-order chi connectivity index (χ1) is 17.7. The number of hydrogen-bond acceptors (Lipinski definition) is 6. The van der Waals surface area contributed by atoms with Crippen molar-refractivity contribution in [3.8, 4) is 11.1 Å². The molecule has 1 aromatic heterocycles. The Morgan fingerprint density at radius 2 is 1.68 bits per heavy atom. The normalized spacial score (nSPS) is 18.1. The highest BCUT2D eigenvalue weighted by Crippen LogP contribution is 2.32. The maximum Gasteiger partial charge on any atom is 0.263 e. The highest BCUT2D eigenvalue weighted by Gasteiger charge is 2.21. The van der Waals surface area contributed by atoms with Crippen molar-refractivity contribution in [2.75, 3.05) is 10.0 Å². The molecule has 5 rings (SSSR count). The average Bonchev–Trinajstić information content (AvgIpc) is 2.85. The number of nitrogens with one attached hydrogen (secondary N) is 2. The number of nitrogens with two attached hydrogens (primary N) is 1. The number of rotatable bonds is 6. The second-order valence-electron chi connectivity index (χ2n) is 9.07. The van der Waals surface area contributed by atoms with Crippen LogP contribution in [0.5, 0.6) is 0 Å². The Kier molecular flexibility index (Phi) is 6.98. The summed E-state index contributed by atoms with van der Waals surface area (Å²) in [7, 11) is -4.15. The monoisotopic (exact) mass is 543 g/mol. The van der Waals surface area contributed by atoms with Crippen molar-refractivity contribution in [1.29, 1.82) is 0 Å². The third kappa shape index (κ3) is 5.51. The summed E-state index contributed by atoms with van der Waals surface area (Å²) in [6, 6.07) is 13.0. The van der Waals surface area contributed by atoms with Crippen LogP contribution in [0.1, 0.15) is 25.7 Å². The zero-order valence-corrected chi connectivity index (χ0v) is 21.2. The fourth-order valence-corrected chi connectivity index (χ4v) is 6.05. The molecule has 0 spiro atoms. The van der Waals surface area contributed by atoms with Crippen LogP contribution in [-0.4, -0.2) is 30.5 Å². The number of benzene rings is 3. The molecule has 4 N–H and O–H groups in total. The summed E-state index contributed by atoms with van der Waals surface area (Å²) < 4.78 is 57.6. The van der Waals surface area contributed by atoms with Gasteiger partial charge in [-0.1, -0.05) is 29.8 Å². The highest BCUT2D eigenvalue weighted by atomic mass is 35.5. The number of fused-ring (bicyclic) bond motifs is 1. The zero-order chi connectivity index (χ0) is 26.2. The van der Waals surface area contributed by atoms with Gasteiger partial charge in [0.05, 0.1) is 21.8 Å². The summed E-state index contributed by atoms with van der Waals surface area (Å²) in [5.41, 5.74) is 6.31. The third-order valence-corrected chi connectivity index (χ3v) is 8.28. The van der Waals surface area contributed by atoms with Crippen molar-refractivity contribution >= 4 is 44.2 Å². The van der Waals surface area contributed by atoms with E-state index in [4.69, 9.17) is 17.3 Å². The summed E-state index contributed by atoms with van der Waals surface area (Å²) in [5.74, 6) is -1.36. The Balaban J connectivity index is 1.39. The van der Waals surface area contributed by atoms with E-state index >= 15 is 8.78 Å². The van der Waals surface area contributed by atoms with Gasteiger partial charge in [-0.05, 0) is 67.6 Å². The molecule has 192 valence electrons. The Bertz CT molecular complexity index is 1550. The third-order valence-electron chi connectivity index (χ3n) is 6.39. The summed E-state index contributed by atoms with van der Waals surface area (Å²) in [5, 5.41) is 3.94. The van der Waals surface area contributed by atoms with E-state index in [2.05, 4.69) is 20.0 Å². The van der Waals surface area contributed by atoms with Crippen LogP contribution in [-0.2, 0) is 10.0 Å². The van der Waals surface area contributed by atoms with E-state index in [1.807, 2.05) is 0 Å². The van der Waals surface area contributed by atoms with Gasteiger partial charge in [0.15, 0.2) is 0 Å². The Morgan fingerprint density at radius 1 is 0.973 bits per heavy atom. The van der Waals surface area contributed by atoms with Gasteiger partial charge in [-0.25, -0.2) is 27.2 Å². The molecule has 7 nitrogen and oxygen atoms in total. The minimum Gasteiger partial charge on any atom is -0.351 e. The fourth-order valence-electron chi connectivity index (χ4n) is 4.49. The second kappa shape index (κ2) is 10.2. The lowest BCUT2D eigenvalue weighted by Crippen LogP contribution is -2.33. The van der Waals surface area contributed by atoms with Gasteiger partial charge in [0, 0.05) is 23.7 Å². The van der Waals surface area contributed by atoms with E-state index in [-0.39, 0.29) is 38.8 Å². The van der Waals surface area contributed by atoms with E-state index in [9.17, 15) is 8.42 Å². The maximum atomic E-state index is 15.1. The van der Waals surface area contributed by atoms with E-state index in [1.54, 1.807) is 30.5 Å². The van der Waals surface area contributed by atoms with Crippen molar-refractivity contribution in [1.82, 2.24) is 9.97 Å². The van der Waals surface area contributed by atoms with Gasteiger partial charge in [0.25, 0.3) is 10.0 Å². The lowest BCUT2D eigenvalue weighted by Gasteiger charge is -2.26. The van der Waals surface area contributed by atoms with Gasteiger partial charge in [-0.2, -0.15) is 0 Å². The van der Waals surface area contributed by atoms with E-state index in [1.165, 1.54) is 18.2 Å². The molecule has 11 heteroatoms. The molecule has 3 aromatic carbocycles. The second-order valence-corrected chi connectivity index (χ2v) is 11.1. The molecule has 0 bridgehead atoms. The van der Waals surface area contributed by atoms with Gasteiger partial charge < -0.3 is 11.1 Å². The Morgan fingerprint density at radius 3 is 2.38 bits per heavy atom. The highest BCUT2D eigenvalue weighted by molar-refractivity contribution is 7.92. The summed E-state index contributed by atoms with van der Waals surface area (Å²) in [4.78, 5) is 8.69. The number of anilines is 2. The molecule has 1 aliphatic carbocycles. The topological polar surface area (TPSA) is 110 Å². The van der Waals surface area contributed by atoms with Gasteiger partial charge in [0.2, 0.25) is 5.95 Å². The molecule has 0 unspecified atom stereocenters. The van der Waals surface area contributed by atoms with Crippen molar-refractivity contribution in [3.63, 3.8) is 0 Å². The first kappa shape index (κ1) is 25.3. The quantitative estimate of drug-likeness (QED) is 0.287. The minimum atomic E-state index is -4.15. The van der Waals surface area contributed by atoms with E-state index in [0.29, 0.717) is 16.9 Å². The Labute approximate surface area is 218 Å². The van der Waals surface area contributed by atoms with Crippen LogP contribution in [0.4, 0.5) is 20.4 Å². The largest absolute Gasteiger partial charge is 0.351 e. The molecule has 1 fully saturated rings. The molecular formula is C26H24ClF2N5O2S. The standard InChI is InChI=1S/C26H24ClF2N5O2S/c27-20-3-1-2-4-24(20)37(35,36)34-19-12-21(28)25(22(29)13-19)15-5-10-23-16(11-15)14-31-26(33-23)32-18-8-6-17(30)7-9-18/h1-5,10-14,17-18,34H,6-9,30H2,(H,31,32,33)/t17-,18-. The molecule has 0 atom stereocenters. The number of halogens is 3. The van der Waals surface area contributed by atoms with Gasteiger partial charge in [0.1, 0.15) is 16.5 Å². The van der Waals surface area contributed by atoms with Crippen LogP contribution in [0.3, 0.4) is 0 Å². The molecule has 4 aromatic rings.